The standard InChI is InChI=1S/C20H20F4N2O4S/c21-16-6-4-14(5-7-16)12-19(27)25-30-17-8-10-26(11-9-17)31(28,29)18-3-1-2-15(13-18)20(22,23)24/h1-7,13,17H,8-12H2,(H,25,27). The molecule has 2 aromatic carbocycles. The van der Waals surface area contributed by atoms with E-state index < -0.39 is 44.5 Å². The van der Waals surface area contributed by atoms with Crippen LogP contribution in [0.5, 0.6) is 0 Å². The van der Waals surface area contributed by atoms with Crippen LogP contribution in [0.25, 0.3) is 0 Å². The van der Waals surface area contributed by atoms with E-state index in [2.05, 4.69) is 5.48 Å². The van der Waals surface area contributed by atoms with Gasteiger partial charge in [0.25, 0.3) is 0 Å². The van der Waals surface area contributed by atoms with Crippen molar-refractivity contribution >= 4 is 15.9 Å². The molecule has 1 aliphatic rings. The number of carbonyl (C=O) groups is 1. The number of benzene rings is 2. The number of halogens is 4. The number of rotatable bonds is 6. The maximum Gasteiger partial charge on any atom is 0.416 e. The molecule has 1 aliphatic heterocycles. The maximum absolute atomic E-state index is 12.9. The van der Waals surface area contributed by atoms with E-state index in [4.69, 9.17) is 4.84 Å². The highest BCUT2D eigenvalue weighted by Gasteiger charge is 2.34. The molecule has 6 nitrogen and oxygen atoms in total. The van der Waals surface area contributed by atoms with Gasteiger partial charge in [0.05, 0.1) is 23.0 Å². The molecular weight excluding hydrogens is 440 g/mol. The van der Waals surface area contributed by atoms with Crippen molar-refractivity contribution < 1.29 is 35.6 Å². The van der Waals surface area contributed by atoms with Crippen molar-refractivity contribution in [1.82, 2.24) is 9.79 Å². The summed E-state index contributed by atoms with van der Waals surface area (Å²) in [5, 5.41) is 0. The van der Waals surface area contributed by atoms with Crippen LogP contribution in [-0.2, 0) is 32.3 Å². The molecule has 0 atom stereocenters. The van der Waals surface area contributed by atoms with Crippen molar-refractivity contribution in [2.24, 2.45) is 0 Å². The Bertz CT molecular complexity index is 1020. The zero-order valence-electron chi connectivity index (χ0n) is 16.2. The molecule has 0 bridgehead atoms. The van der Waals surface area contributed by atoms with E-state index >= 15 is 0 Å². The monoisotopic (exact) mass is 460 g/mol. The minimum Gasteiger partial charge on any atom is -0.272 e. The fraction of sp³-hybridized carbons (Fsp3) is 0.350. The van der Waals surface area contributed by atoms with Crippen molar-refractivity contribution in [3.8, 4) is 0 Å². The molecule has 0 unspecified atom stereocenters. The summed E-state index contributed by atoms with van der Waals surface area (Å²) in [6.45, 7) is 0.0775. The number of nitrogens with zero attached hydrogens (tertiary/aromatic N) is 1. The summed E-state index contributed by atoms with van der Waals surface area (Å²) in [5.74, 6) is -0.849. The minimum absolute atomic E-state index is 0.0109. The van der Waals surface area contributed by atoms with Crippen LogP contribution in [0, 0.1) is 5.82 Å². The molecule has 1 N–H and O–H groups in total. The molecular formula is C20H20F4N2O4S. The lowest BCUT2D eigenvalue weighted by Gasteiger charge is -2.30. The summed E-state index contributed by atoms with van der Waals surface area (Å²) >= 11 is 0. The van der Waals surface area contributed by atoms with Crippen LogP contribution >= 0.6 is 0 Å². The summed E-state index contributed by atoms with van der Waals surface area (Å²) < 4.78 is 78.0. The van der Waals surface area contributed by atoms with Crippen LogP contribution in [0.4, 0.5) is 17.6 Å². The molecule has 0 radical (unpaired) electrons. The van der Waals surface area contributed by atoms with Gasteiger partial charge in [-0.15, -0.1) is 0 Å². The Morgan fingerprint density at radius 2 is 1.74 bits per heavy atom. The second-order valence-electron chi connectivity index (χ2n) is 7.08. The fourth-order valence-electron chi connectivity index (χ4n) is 3.15. The van der Waals surface area contributed by atoms with Gasteiger partial charge >= 0.3 is 6.18 Å². The number of alkyl halides is 3. The van der Waals surface area contributed by atoms with Gasteiger partial charge in [-0.25, -0.2) is 18.3 Å². The molecule has 0 saturated carbocycles. The number of hydrogen-bond acceptors (Lipinski definition) is 4. The Morgan fingerprint density at radius 3 is 2.35 bits per heavy atom. The van der Waals surface area contributed by atoms with E-state index in [9.17, 15) is 30.8 Å². The topological polar surface area (TPSA) is 75.7 Å². The van der Waals surface area contributed by atoms with Gasteiger partial charge in [-0.1, -0.05) is 18.2 Å². The molecule has 1 heterocycles. The summed E-state index contributed by atoms with van der Waals surface area (Å²) in [6.07, 6.45) is -4.57. The lowest BCUT2D eigenvalue weighted by Crippen LogP contribution is -2.43. The number of sulfonamides is 1. The van der Waals surface area contributed by atoms with Gasteiger partial charge in [0.1, 0.15) is 5.82 Å². The van der Waals surface area contributed by atoms with E-state index in [1.54, 1.807) is 0 Å². The van der Waals surface area contributed by atoms with Crippen molar-refractivity contribution in [2.45, 2.75) is 36.4 Å². The molecule has 31 heavy (non-hydrogen) atoms. The molecule has 0 aliphatic carbocycles. The SMILES string of the molecule is O=C(Cc1ccc(F)cc1)NOC1CCN(S(=O)(=O)c2cccc(C(F)(F)F)c2)CC1. The van der Waals surface area contributed by atoms with Crippen molar-refractivity contribution in [3.05, 3.63) is 65.5 Å². The molecule has 1 saturated heterocycles. The van der Waals surface area contributed by atoms with E-state index in [0.717, 1.165) is 22.5 Å². The van der Waals surface area contributed by atoms with Crippen LogP contribution in [0.2, 0.25) is 0 Å². The average molecular weight is 460 g/mol. The van der Waals surface area contributed by atoms with Gasteiger partial charge in [0.2, 0.25) is 15.9 Å². The van der Waals surface area contributed by atoms with E-state index in [0.29, 0.717) is 11.6 Å². The van der Waals surface area contributed by atoms with Crippen LogP contribution < -0.4 is 5.48 Å². The highest BCUT2D eigenvalue weighted by molar-refractivity contribution is 7.89. The largest absolute Gasteiger partial charge is 0.416 e. The lowest BCUT2D eigenvalue weighted by atomic mass is 10.1. The van der Waals surface area contributed by atoms with E-state index in [-0.39, 0.29) is 32.4 Å². The molecule has 2 aromatic rings. The molecule has 168 valence electrons. The summed E-state index contributed by atoms with van der Waals surface area (Å²) in [4.78, 5) is 16.8. The third-order valence-electron chi connectivity index (χ3n) is 4.82. The van der Waals surface area contributed by atoms with Gasteiger partial charge in [-0.3, -0.25) is 9.63 Å². The summed E-state index contributed by atoms with van der Waals surface area (Å²) in [7, 11) is -4.08. The highest BCUT2D eigenvalue weighted by atomic mass is 32.2. The first-order valence-electron chi connectivity index (χ1n) is 9.42. The Hall–Kier alpha value is -2.50. The Balaban J connectivity index is 1.52. The number of hydroxylamine groups is 1. The average Bonchev–Trinajstić information content (AvgIpc) is 2.74. The van der Waals surface area contributed by atoms with Crippen molar-refractivity contribution in [1.29, 1.82) is 0 Å². The highest BCUT2D eigenvalue weighted by Crippen LogP contribution is 2.31. The first-order chi connectivity index (χ1) is 14.6. The number of nitrogens with one attached hydrogen (secondary N) is 1. The van der Waals surface area contributed by atoms with Crippen molar-refractivity contribution in [3.63, 3.8) is 0 Å². The lowest BCUT2D eigenvalue weighted by molar-refractivity contribution is -0.139. The van der Waals surface area contributed by atoms with Gasteiger partial charge in [0, 0.05) is 13.1 Å². The zero-order chi connectivity index (χ0) is 22.6. The van der Waals surface area contributed by atoms with Crippen LogP contribution in [-0.4, -0.2) is 37.8 Å². The number of carbonyl (C=O) groups excluding carboxylic acids is 1. The number of amides is 1. The summed E-state index contributed by atoms with van der Waals surface area (Å²) in [5.41, 5.74) is 1.87. The quantitative estimate of drug-likeness (QED) is 0.530. The molecule has 11 heteroatoms. The number of piperidine rings is 1. The van der Waals surface area contributed by atoms with Gasteiger partial charge in [-0.05, 0) is 48.7 Å². The third kappa shape index (κ3) is 6.02. The maximum atomic E-state index is 12.9. The van der Waals surface area contributed by atoms with Crippen molar-refractivity contribution in [2.75, 3.05) is 13.1 Å². The van der Waals surface area contributed by atoms with E-state index in [1.165, 1.54) is 24.3 Å². The second-order valence-corrected chi connectivity index (χ2v) is 9.01. The fourth-order valence-corrected chi connectivity index (χ4v) is 4.66. The van der Waals surface area contributed by atoms with Crippen LogP contribution in [0.3, 0.4) is 0 Å². The van der Waals surface area contributed by atoms with Gasteiger partial charge in [-0.2, -0.15) is 17.5 Å². The minimum atomic E-state index is -4.64. The molecule has 0 spiro atoms. The predicted octanol–water partition coefficient (Wildman–Crippen LogP) is 3.29. The van der Waals surface area contributed by atoms with E-state index in [1.807, 2.05) is 0 Å². The Labute approximate surface area is 176 Å². The smallest absolute Gasteiger partial charge is 0.272 e. The Morgan fingerprint density at radius 1 is 1.10 bits per heavy atom. The molecule has 0 aromatic heterocycles. The first-order valence-corrected chi connectivity index (χ1v) is 10.9. The zero-order valence-corrected chi connectivity index (χ0v) is 17.0. The Kier molecular flexibility index (Phi) is 6.97. The normalized spacial score (nSPS) is 16.3. The first kappa shape index (κ1) is 23.2. The molecule has 1 fully saturated rings. The van der Waals surface area contributed by atoms with Crippen LogP contribution in [0.15, 0.2) is 53.4 Å². The van der Waals surface area contributed by atoms with Gasteiger partial charge < -0.3 is 0 Å². The second kappa shape index (κ2) is 9.33. The summed E-state index contributed by atoms with van der Waals surface area (Å²) in [6, 6.07) is 9.05. The molecule has 3 rings (SSSR count). The third-order valence-corrected chi connectivity index (χ3v) is 6.71. The predicted molar refractivity (Wildman–Crippen MR) is 103 cm³/mol. The van der Waals surface area contributed by atoms with Crippen LogP contribution in [0.1, 0.15) is 24.0 Å². The number of hydrogen-bond donors (Lipinski definition) is 1. The molecule has 1 amide bonds. The van der Waals surface area contributed by atoms with Gasteiger partial charge in [0.15, 0.2) is 0 Å².